The average molecular weight is 201 g/mol. The minimum atomic E-state index is 0. The minimum Gasteiger partial charge on any atom is -0.398 e. The number of hydrogen-bond acceptors (Lipinski definition) is 3. The van der Waals surface area contributed by atoms with Crippen LogP contribution in [0.2, 0.25) is 0 Å². The molecule has 0 aliphatic carbocycles. The number of nitrogens with two attached hydrogens (primary N) is 1. The molecule has 0 saturated carbocycles. The standard InChI is InChI=1S/C8H8N2S.ClH/c1-5-2-8-7(3-6(5)9)10-4-11-8;/h2-4H,9H2,1H3;1H. The highest BCUT2D eigenvalue weighted by Crippen LogP contribution is 2.23. The van der Waals surface area contributed by atoms with Gasteiger partial charge in [0.1, 0.15) is 0 Å². The highest BCUT2D eigenvalue weighted by atomic mass is 35.5. The first kappa shape index (κ1) is 9.29. The van der Waals surface area contributed by atoms with Crippen molar-refractivity contribution in [2.75, 3.05) is 5.73 Å². The van der Waals surface area contributed by atoms with Crippen molar-refractivity contribution in [1.82, 2.24) is 4.98 Å². The molecule has 0 amide bonds. The van der Waals surface area contributed by atoms with E-state index in [0.717, 1.165) is 16.8 Å². The molecule has 1 aromatic carbocycles. The van der Waals surface area contributed by atoms with Crippen LogP contribution in [0.3, 0.4) is 0 Å². The highest BCUT2D eigenvalue weighted by molar-refractivity contribution is 7.16. The predicted molar refractivity (Wildman–Crippen MR) is 56.0 cm³/mol. The van der Waals surface area contributed by atoms with E-state index in [4.69, 9.17) is 5.73 Å². The Morgan fingerprint density at radius 2 is 2.17 bits per heavy atom. The van der Waals surface area contributed by atoms with Gasteiger partial charge in [0.05, 0.1) is 15.7 Å². The molecule has 0 bridgehead atoms. The first-order valence-corrected chi connectivity index (χ1v) is 4.24. The summed E-state index contributed by atoms with van der Waals surface area (Å²) in [5.74, 6) is 0. The maximum Gasteiger partial charge on any atom is 0.0832 e. The molecule has 12 heavy (non-hydrogen) atoms. The van der Waals surface area contributed by atoms with Gasteiger partial charge in [-0.3, -0.25) is 0 Å². The number of fused-ring (bicyclic) bond motifs is 1. The highest BCUT2D eigenvalue weighted by Gasteiger charge is 1.99. The van der Waals surface area contributed by atoms with Crippen molar-refractivity contribution in [3.8, 4) is 0 Å². The molecule has 0 aliphatic heterocycles. The van der Waals surface area contributed by atoms with Crippen LogP contribution in [0.4, 0.5) is 5.69 Å². The molecule has 0 fully saturated rings. The number of nitrogen functional groups attached to an aromatic ring is 1. The van der Waals surface area contributed by atoms with Gasteiger partial charge in [-0.15, -0.1) is 23.7 Å². The molecule has 0 unspecified atom stereocenters. The van der Waals surface area contributed by atoms with E-state index in [-0.39, 0.29) is 12.4 Å². The molecular weight excluding hydrogens is 192 g/mol. The molecule has 0 aliphatic rings. The zero-order chi connectivity index (χ0) is 7.84. The molecule has 2 N–H and O–H groups in total. The van der Waals surface area contributed by atoms with Crippen LogP contribution in [0.25, 0.3) is 10.2 Å². The summed E-state index contributed by atoms with van der Waals surface area (Å²) in [6.45, 7) is 2.01. The van der Waals surface area contributed by atoms with Gasteiger partial charge >= 0.3 is 0 Å². The van der Waals surface area contributed by atoms with Gasteiger partial charge in [-0.1, -0.05) is 0 Å². The Hall–Kier alpha value is -0.800. The van der Waals surface area contributed by atoms with Gasteiger partial charge in [-0.2, -0.15) is 0 Å². The molecule has 2 rings (SSSR count). The Balaban J connectivity index is 0.000000720. The summed E-state index contributed by atoms with van der Waals surface area (Å²) in [4.78, 5) is 4.16. The van der Waals surface area contributed by atoms with Gasteiger partial charge in [0.2, 0.25) is 0 Å². The number of anilines is 1. The lowest BCUT2D eigenvalue weighted by atomic mass is 10.2. The Kier molecular flexibility index (Phi) is 2.55. The molecular formula is C8H9ClN2S. The first-order valence-electron chi connectivity index (χ1n) is 3.37. The van der Waals surface area contributed by atoms with Gasteiger partial charge in [-0.25, -0.2) is 4.98 Å². The number of hydrogen-bond donors (Lipinski definition) is 1. The van der Waals surface area contributed by atoms with Gasteiger partial charge < -0.3 is 5.73 Å². The molecule has 4 heteroatoms. The monoisotopic (exact) mass is 200 g/mol. The van der Waals surface area contributed by atoms with E-state index in [0.29, 0.717) is 0 Å². The summed E-state index contributed by atoms with van der Waals surface area (Å²) in [5.41, 5.74) is 10.5. The van der Waals surface area contributed by atoms with E-state index in [1.54, 1.807) is 11.3 Å². The lowest BCUT2D eigenvalue weighted by molar-refractivity contribution is 1.46. The third kappa shape index (κ3) is 1.38. The third-order valence-electron chi connectivity index (χ3n) is 1.72. The number of aromatic nitrogens is 1. The largest absolute Gasteiger partial charge is 0.398 e. The Morgan fingerprint density at radius 3 is 2.92 bits per heavy atom. The van der Waals surface area contributed by atoms with Crippen LogP contribution >= 0.6 is 23.7 Å². The summed E-state index contributed by atoms with van der Waals surface area (Å²) in [5, 5.41) is 0. The Labute approximate surface area is 80.8 Å². The zero-order valence-electron chi connectivity index (χ0n) is 6.57. The smallest absolute Gasteiger partial charge is 0.0832 e. The molecule has 64 valence electrons. The Bertz CT molecular complexity index is 361. The molecule has 0 atom stereocenters. The minimum absolute atomic E-state index is 0. The van der Waals surface area contributed by atoms with Crippen molar-refractivity contribution in [3.05, 3.63) is 23.2 Å². The molecule has 1 aromatic heterocycles. The third-order valence-corrected chi connectivity index (χ3v) is 2.51. The summed E-state index contributed by atoms with van der Waals surface area (Å²) in [6, 6.07) is 3.99. The lowest BCUT2D eigenvalue weighted by Crippen LogP contribution is -1.87. The fourth-order valence-corrected chi connectivity index (χ4v) is 1.78. The molecule has 0 saturated heterocycles. The van der Waals surface area contributed by atoms with Crippen LogP contribution in [-0.2, 0) is 0 Å². The number of benzene rings is 1. The van der Waals surface area contributed by atoms with Crippen molar-refractivity contribution in [3.63, 3.8) is 0 Å². The van der Waals surface area contributed by atoms with Crippen molar-refractivity contribution >= 4 is 39.6 Å². The maximum atomic E-state index is 5.71. The van der Waals surface area contributed by atoms with Gasteiger partial charge in [-0.05, 0) is 24.6 Å². The molecule has 2 nitrogen and oxygen atoms in total. The molecule has 2 aromatic rings. The van der Waals surface area contributed by atoms with Crippen LogP contribution in [-0.4, -0.2) is 4.98 Å². The quantitative estimate of drug-likeness (QED) is 0.664. The Morgan fingerprint density at radius 1 is 1.42 bits per heavy atom. The lowest BCUT2D eigenvalue weighted by Gasteiger charge is -1.97. The zero-order valence-corrected chi connectivity index (χ0v) is 8.21. The average Bonchev–Trinajstić information content (AvgIpc) is 2.36. The number of halogens is 1. The maximum absolute atomic E-state index is 5.71. The molecule has 1 heterocycles. The van der Waals surface area contributed by atoms with Crippen molar-refractivity contribution in [2.45, 2.75) is 6.92 Å². The van der Waals surface area contributed by atoms with Gasteiger partial charge in [0.15, 0.2) is 0 Å². The second-order valence-corrected chi connectivity index (χ2v) is 3.42. The number of aryl methyl sites for hydroxylation is 1. The predicted octanol–water partition coefficient (Wildman–Crippen LogP) is 2.61. The van der Waals surface area contributed by atoms with Crippen molar-refractivity contribution in [1.29, 1.82) is 0 Å². The second-order valence-electron chi connectivity index (χ2n) is 2.53. The van der Waals surface area contributed by atoms with Crippen LogP contribution in [0.15, 0.2) is 17.6 Å². The number of rotatable bonds is 0. The molecule has 0 radical (unpaired) electrons. The second kappa shape index (κ2) is 3.29. The number of thiazole rings is 1. The van der Waals surface area contributed by atoms with Crippen molar-refractivity contribution in [2.24, 2.45) is 0 Å². The fraction of sp³-hybridized carbons (Fsp3) is 0.125. The summed E-state index contributed by atoms with van der Waals surface area (Å²) >= 11 is 1.64. The number of nitrogens with zero attached hydrogens (tertiary/aromatic N) is 1. The summed E-state index contributed by atoms with van der Waals surface area (Å²) < 4.78 is 1.21. The van der Waals surface area contributed by atoms with Crippen LogP contribution in [0.1, 0.15) is 5.56 Å². The van der Waals surface area contributed by atoms with Gasteiger partial charge in [0, 0.05) is 5.69 Å². The van der Waals surface area contributed by atoms with Crippen LogP contribution in [0.5, 0.6) is 0 Å². The van der Waals surface area contributed by atoms with Crippen LogP contribution < -0.4 is 5.73 Å². The van der Waals surface area contributed by atoms with E-state index < -0.39 is 0 Å². The summed E-state index contributed by atoms with van der Waals surface area (Å²) in [7, 11) is 0. The van der Waals surface area contributed by atoms with E-state index in [1.807, 2.05) is 18.5 Å². The first-order chi connectivity index (χ1) is 5.27. The fourth-order valence-electron chi connectivity index (χ4n) is 1.02. The molecule has 0 spiro atoms. The summed E-state index contributed by atoms with van der Waals surface area (Å²) in [6.07, 6.45) is 0. The van der Waals surface area contributed by atoms with E-state index in [9.17, 15) is 0 Å². The van der Waals surface area contributed by atoms with Gasteiger partial charge in [0.25, 0.3) is 0 Å². The van der Waals surface area contributed by atoms with E-state index in [1.165, 1.54) is 4.70 Å². The van der Waals surface area contributed by atoms with Crippen LogP contribution in [0, 0.1) is 6.92 Å². The topological polar surface area (TPSA) is 38.9 Å². The van der Waals surface area contributed by atoms with E-state index >= 15 is 0 Å². The normalized spacial score (nSPS) is 9.75. The van der Waals surface area contributed by atoms with Crippen molar-refractivity contribution < 1.29 is 0 Å². The van der Waals surface area contributed by atoms with E-state index in [2.05, 4.69) is 11.1 Å². The SMILES string of the molecule is Cc1cc2scnc2cc1N.Cl.